The van der Waals surface area contributed by atoms with Gasteiger partial charge in [0.25, 0.3) is 5.91 Å². The number of amides is 1. The van der Waals surface area contributed by atoms with Crippen LogP contribution >= 0.6 is 0 Å². The molecular formula is C13H14FNO5. The first kappa shape index (κ1) is 14.3. The number of rotatable bonds is 4. The minimum absolute atomic E-state index is 0.142. The van der Waals surface area contributed by atoms with Crippen LogP contribution in [0, 0.1) is 5.82 Å². The van der Waals surface area contributed by atoms with Crippen molar-refractivity contribution in [2.45, 2.75) is 0 Å². The van der Waals surface area contributed by atoms with Crippen LogP contribution in [-0.2, 0) is 9.53 Å². The lowest BCUT2D eigenvalue weighted by molar-refractivity contribution is -0.137. The summed E-state index contributed by atoms with van der Waals surface area (Å²) in [5.74, 6) is -2.42. The van der Waals surface area contributed by atoms with E-state index >= 15 is 0 Å². The maximum Gasteiger partial charge on any atom is 0.335 e. The minimum Gasteiger partial charge on any atom is -0.481 e. The highest BCUT2D eigenvalue weighted by Crippen LogP contribution is 2.18. The van der Waals surface area contributed by atoms with Gasteiger partial charge in [0.2, 0.25) is 0 Å². The average molecular weight is 283 g/mol. The Morgan fingerprint density at radius 3 is 2.65 bits per heavy atom. The lowest BCUT2D eigenvalue weighted by atomic mass is 10.2. The molecule has 0 bridgehead atoms. The molecule has 1 aromatic rings. The summed E-state index contributed by atoms with van der Waals surface area (Å²) in [6.45, 7) is 1.65. The van der Waals surface area contributed by atoms with E-state index in [1.54, 1.807) is 4.90 Å². The molecule has 0 radical (unpaired) electrons. The van der Waals surface area contributed by atoms with Crippen molar-refractivity contribution in [2.24, 2.45) is 0 Å². The molecular weight excluding hydrogens is 269 g/mol. The summed E-state index contributed by atoms with van der Waals surface area (Å²) in [6, 6.07) is 3.28. The number of aromatic carboxylic acids is 1. The Hall–Kier alpha value is -2.15. The van der Waals surface area contributed by atoms with Crippen LogP contribution in [0.5, 0.6) is 5.75 Å². The van der Waals surface area contributed by atoms with Crippen LogP contribution in [-0.4, -0.2) is 54.8 Å². The van der Waals surface area contributed by atoms with Crippen molar-refractivity contribution >= 4 is 11.9 Å². The van der Waals surface area contributed by atoms with Crippen LogP contribution in [0.1, 0.15) is 10.4 Å². The van der Waals surface area contributed by atoms with Gasteiger partial charge < -0.3 is 19.5 Å². The molecule has 1 aliphatic heterocycles. The maximum absolute atomic E-state index is 13.6. The lowest BCUT2D eigenvalue weighted by Gasteiger charge is -2.26. The molecule has 1 N–H and O–H groups in total. The number of nitrogens with zero attached hydrogens (tertiary/aromatic N) is 1. The number of carboxylic acid groups (broad SMARTS) is 1. The van der Waals surface area contributed by atoms with Gasteiger partial charge in [0, 0.05) is 13.1 Å². The van der Waals surface area contributed by atoms with Gasteiger partial charge in [-0.2, -0.15) is 0 Å². The standard InChI is InChI=1S/C13H14FNO5/c14-10-7-9(13(17)18)1-2-11(10)20-8-12(16)15-3-5-19-6-4-15/h1-2,7H,3-6,8H2,(H,17,18). The van der Waals surface area contributed by atoms with Crippen LogP contribution < -0.4 is 4.74 Å². The van der Waals surface area contributed by atoms with Gasteiger partial charge >= 0.3 is 5.97 Å². The molecule has 6 nitrogen and oxygen atoms in total. The van der Waals surface area contributed by atoms with Crippen LogP contribution in [0.3, 0.4) is 0 Å². The zero-order chi connectivity index (χ0) is 14.5. The van der Waals surface area contributed by atoms with E-state index in [1.165, 1.54) is 12.1 Å². The van der Waals surface area contributed by atoms with Crippen molar-refractivity contribution in [3.05, 3.63) is 29.6 Å². The van der Waals surface area contributed by atoms with E-state index in [9.17, 15) is 14.0 Å². The fraction of sp³-hybridized carbons (Fsp3) is 0.385. The van der Waals surface area contributed by atoms with E-state index in [-0.39, 0.29) is 23.8 Å². The number of ether oxygens (including phenoxy) is 2. The molecule has 1 heterocycles. The Morgan fingerprint density at radius 2 is 2.05 bits per heavy atom. The Labute approximate surface area is 114 Å². The number of hydrogen-bond acceptors (Lipinski definition) is 4. The second kappa shape index (κ2) is 6.33. The number of benzene rings is 1. The fourth-order valence-electron chi connectivity index (χ4n) is 1.79. The number of morpholine rings is 1. The predicted octanol–water partition coefficient (Wildman–Crippen LogP) is 0.761. The third-order valence-electron chi connectivity index (χ3n) is 2.89. The average Bonchev–Trinajstić information content (AvgIpc) is 2.46. The molecule has 7 heteroatoms. The van der Waals surface area contributed by atoms with Crippen LogP contribution in [0.15, 0.2) is 18.2 Å². The first-order chi connectivity index (χ1) is 9.58. The zero-order valence-corrected chi connectivity index (χ0v) is 10.7. The highest BCUT2D eigenvalue weighted by atomic mass is 19.1. The summed E-state index contributed by atoms with van der Waals surface area (Å²) in [7, 11) is 0. The molecule has 2 rings (SSSR count). The maximum atomic E-state index is 13.6. The highest BCUT2D eigenvalue weighted by molar-refractivity contribution is 5.87. The molecule has 0 unspecified atom stereocenters. The fourth-order valence-corrected chi connectivity index (χ4v) is 1.79. The second-order valence-electron chi connectivity index (χ2n) is 4.23. The van der Waals surface area contributed by atoms with E-state index in [0.29, 0.717) is 26.3 Å². The Kier molecular flexibility index (Phi) is 4.52. The van der Waals surface area contributed by atoms with E-state index in [2.05, 4.69) is 0 Å². The minimum atomic E-state index is -1.22. The largest absolute Gasteiger partial charge is 0.481 e. The molecule has 0 aromatic heterocycles. The summed E-state index contributed by atoms with van der Waals surface area (Å²) in [4.78, 5) is 24.0. The van der Waals surface area contributed by atoms with Gasteiger partial charge in [-0.3, -0.25) is 4.79 Å². The van der Waals surface area contributed by atoms with E-state index in [0.717, 1.165) is 6.07 Å². The van der Waals surface area contributed by atoms with Gasteiger partial charge in [-0.15, -0.1) is 0 Å². The van der Waals surface area contributed by atoms with Crippen molar-refractivity contribution in [3.8, 4) is 5.75 Å². The van der Waals surface area contributed by atoms with Crippen molar-refractivity contribution in [3.63, 3.8) is 0 Å². The van der Waals surface area contributed by atoms with Gasteiger partial charge in [0.05, 0.1) is 18.8 Å². The number of carbonyl (C=O) groups excluding carboxylic acids is 1. The van der Waals surface area contributed by atoms with Crippen molar-refractivity contribution in [1.82, 2.24) is 4.90 Å². The molecule has 108 valence electrons. The van der Waals surface area contributed by atoms with Gasteiger partial charge in [0.15, 0.2) is 18.2 Å². The van der Waals surface area contributed by atoms with Gasteiger partial charge in [-0.05, 0) is 18.2 Å². The topological polar surface area (TPSA) is 76.1 Å². The van der Waals surface area contributed by atoms with E-state index in [4.69, 9.17) is 14.6 Å². The summed E-state index contributed by atoms with van der Waals surface area (Å²) in [5, 5.41) is 8.71. The molecule has 1 aromatic carbocycles. The summed E-state index contributed by atoms with van der Waals surface area (Å²) >= 11 is 0. The molecule has 0 aliphatic carbocycles. The highest BCUT2D eigenvalue weighted by Gasteiger charge is 2.18. The van der Waals surface area contributed by atoms with Crippen molar-refractivity contribution in [1.29, 1.82) is 0 Å². The molecule has 0 spiro atoms. The number of carbonyl (C=O) groups is 2. The van der Waals surface area contributed by atoms with Gasteiger partial charge in [-0.25, -0.2) is 9.18 Å². The number of halogens is 1. The normalized spacial score (nSPS) is 14.9. The Balaban J connectivity index is 1.93. The molecule has 1 fully saturated rings. The third kappa shape index (κ3) is 3.45. The van der Waals surface area contributed by atoms with E-state index < -0.39 is 11.8 Å². The molecule has 1 aliphatic rings. The number of carboxylic acids is 1. The van der Waals surface area contributed by atoms with E-state index in [1.807, 2.05) is 0 Å². The van der Waals surface area contributed by atoms with Gasteiger partial charge in [-0.1, -0.05) is 0 Å². The van der Waals surface area contributed by atoms with Crippen LogP contribution in [0.25, 0.3) is 0 Å². The molecule has 1 amide bonds. The van der Waals surface area contributed by atoms with Gasteiger partial charge in [0.1, 0.15) is 0 Å². The first-order valence-corrected chi connectivity index (χ1v) is 6.09. The monoisotopic (exact) mass is 283 g/mol. The third-order valence-corrected chi connectivity index (χ3v) is 2.89. The number of hydrogen-bond donors (Lipinski definition) is 1. The molecule has 0 saturated carbocycles. The van der Waals surface area contributed by atoms with Crippen molar-refractivity contribution < 1.29 is 28.6 Å². The van der Waals surface area contributed by atoms with Crippen molar-refractivity contribution in [2.75, 3.05) is 32.9 Å². The quantitative estimate of drug-likeness (QED) is 0.883. The summed E-state index contributed by atoms with van der Waals surface area (Å²) in [6.07, 6.45) is 0. The Morgan fingerprint density at radius 1 is 1.35 bits per heavy atom. The molecule has 0 atom stereocenters. The SMILES string of the molecule is O=C(O)c1ccc(OCC(=O)N2CCOCC2)c(F)c1. The summed E-state index contributed by atoms with van der Waals surface area (Å²) in [5.41, 5.74) is -0.172. The lowest BCUT2D eigenvalue weighted by Crippen LogP contribution is -2.43. The predicted molar refractivity (Wildman–Crippen MR) is 66.3 cm³/mol. The van der Waals surface area contributed by atoms with Crippen LogP contribution in [0.2, 0.25) is 0 Å². The molecule has 1 saturated heterocycles. The van der Waals surface area contributed by atoms with Crippen LogP contribution in [0.4, 0.5) is 4.39 Å². The smallest absolute Gasteiger partial charge is 0.335 e. The molecule has 20 heavy (non-hydrogen) atoms. The first-order valence-electron chi connectivity index (χ1n) is 6.09. The summed E-state index contributed by atoms with van der Waals surface area (Å²) < 4.78 is 23.8. The zero-order valence-electron chi connectivity index (χ0n) is 10.7. The Bertz CT molecular complexity index is 513. The second-order valence-corrected chi connectivity index (χ2v) is 4.23.